The Balaban J connectivity index is 2.52. The van der Waals surface area contributed by atoms with Gasteiger partial charge in [-0.25, -0.2) is 0 Å². The second-order valence-electron chi connectivity index (χ2n) is 3.42. The van der Waals surface area contributed by atoms with E-state index in [-0.39, 0.29) is 0 Å². The molecule has 15 heavy (non-hydrogen) atoms. The predicted octanol–water partition coefficient (Wildman–Crippen LogP) is 0.705. The minimum absolute atomic E-state index is 0.378. The van der Waals surface area contributed by atoms with Gasteiger partial charge in [0.1, 0.15) is 11.7 Å². The van der Waals surface area contributed by atoms with E-state index in [0.29, 0.717) is 5.82 Å². The molecule has 5 nitrogen and oxygen atoms in total. The highest BCUT2D eigenvalue weighted by Gasteiger charge is 2.32. The molecule has 0 fully saturated rings. The molecule has 1 aromatic carbocycles. The fraction of sp³-hybridized carbons (Fsp3) is 0.200. The summed E-state index contributed by atoms with van der Waals surface area (Å²) in [6, 6.07) is 9.37. The van der Waals surface area contributed by atoms with Gasteiger partial charge in [0, 0.05) is 0 Å². The van der Waals surface area contributed by atoms with Crippen LogP contribution in [0.5, 0.6) is 0 Å². The molecule has 1 atom stereocenters. The van der Waals surface area contributed by atoms with Crippen molar-refractivity contribution in [3.05, 3.63) is 41.7 Å². The molecule has 0 amide bonds. The van der Waals surface area contributed by atoms with Crippen molar-refractivity contribution < 1.29 is 4.79 Å². The van der Waals surface area contributed by atoms with Gasteiger partial charge < -0.3 is 4.79 Å². The van der Waals surface area contributed by atoms with Gasteiger partial charge in [0.25, 0.3) is 0 Å². The number of nitrogens with one attached hydrogen (secondary N) is 1. The highest BCUT2D eigenvalue weighted by molar-refractivity contribution is 5.72. The van der Waals surface area contributed by atoms with Crippen LogP contribution in [-0.2, 0) is 10.2 Å². The van der Waals surface area contributed by atoms with Gasteiger partial charge in [-0.1, -0.05) is 35.5 Å². The normalized spacial score (nSPS) is 14.5. The molecule has 2 rings (SSSR count). The summed E-state index contributed by atoms with van der Waals surface area (Å²) in [5.74, 6) is 0.378. The number of hydrogen-bond donors (Lipinski definition) is 1. The van der Waals surface area contributed by atoms with Crippen molar-refractivity contribution in [2.24, 2.45) is 0 Å². The lowest BCUT2D eigenvalue weighted by Crippen LogP contribution is -2.27. The van der Waals surface area contributed by atoms with Gasteiger partial charge in [-0.3, -0.25) is 0 Å². The first-order chi connectivity index (χ1) is 7.27. The molecule has 0 spiro atoms. The maximum atomic E-state index is 11.2. The van der Waals surface area contributed by atoms with E-state index in [0.717, 1.165) is 11.8 Å². The summed E-state index contributed by atoms with van der Waals surface area (Å²) < 4.78 is 0. The molecule has 0 bridgehead atoms. The van der Waals surface area contributed by atoms with Crippen LogP contribution in [0.25, 0.3) is 0 Å². The summed E-state index contributed by atoms with van der Waals surface area (Å²) in [4.78, 5) is 11.2. The largest absolute Gasteiger partial charge is 0.302 e. The first-order valence-corrected chi connectivity index (χ1v) is 4.53. The van der Waals surface area contributed by atoms with Crippen LogP contribution in [0.4, 0.5) is 0 Å². The van der Waals surface area contributed by atoms with Crippen LogP contribution in [0.1, 0.15) is 18.3 Å². The minimum atomic E-state index is -0.839. The summed E-state index contributed by atoms with van der Waals surface area (Å²) >= 11 is 0. The average molecular weight is 202 g/mol. The molecule has 0 saturated carbocycles. The van der Waals surface area contributed by atoms with Crippen molar-refractivity contribution in [3.63, 3.8) is 0 Å². The SMILES string of the molecule is CC(C=O)(c1ccccc1)c1nn[nH]n1. The predicted molar refractivity (Wildman–Crippen MR) is 53.1 cm³/mol. The number of rotatable bonds is 3. The molecule has 1 N–H and O–H groups in total. The molecule has 0 radical (unpaired) electrons. The molecule has 0 saturated heterocycles. The Hall–Kier alpha value is -2.04. The lowest BCUT2D eigenvalue weighted by Gasteiger charge is -2.18. The first kappa shape index (κ1) is 9.51. The Kier molecular flexibility index (Phi) is 2.29. The lowest BCUT2D eigenvalue weighted by molar-refractivity contribution is -0.111. The molecule has 76 valence electrons. The zero-order chi connectivity index (χ0) is 10.7. The van der Waals surface area contributed by atoms with E-state index in [9.17, 15) is 4.79 Å². The Morgan fingerprint density at radius 3 is 2.60 bits per heavy atom. The Morgan fingerprint density at radius 2 is 2.07 bits per heavy atom. The molecule has 0 aliphatic rings. The van der Waals surface area contributed by atoms with Gasteiger partial charge in [0.05, 0.1) is 0 Å². The Labute approximate surface area is 86.5 Å². The van der Waals surface area contributed by atoms with Crippen molar-refractivity contribution in [1.82, 2.24) is 20.6 Å². The highest BCUT2D eigenvalue weighted by Crippen LogP contribution is 2.25. The summed E-state index contributed by atoms with van der Waals surface area (Å²) in [5, 5.41) is 13.5. The number of aromatic amines is 1. The maximum Gasteiger partial charge on any atom is 0.191 e. The number of H-pyrrole nitrogens is 1. The van der Waals surface area contributed by atoms with E-state index in [1.54, 1.807) is 6.92 Å². The van der Waals surface area contributed by atoms with Gasteiger partial charge in [-0.2, -0.15) is 5.21 Å². The van der Waals surface area contributed by atoms with Gasteiger partial charge in [0.2, 0.25) is 0 Å². The fourth-order valence-corrected chi connectivity index (χ4v) is 1.42. The van der Waals surface area contributed by atoms with Crippen LogP contribution in [0.2, 0.25) is 0 Å². The van der Waals surface area contributed by atoms with Crippen LogP contribution in [0.15, 0.2) is 30.3 Å². The number of aromatic nitrogens is 4. The van der Waals surface area contributed by atoms with Gasteiger partial charge in [0.15, 0.2) is 5.82 Å². The molecule has 5 heteroatoms. The molecule has 0 aliphatic carbocycles. The summed E-state index contributed by atoms with van der Waals surface area (Å²) in [5.41, 5.74) is 0.00949. The molecule has 1 heterocycles. The van der Waals surface area contributed by atoms with E-state index in [2.05, 4.69) is 20.6 Å². The summed E-state index contributed by atoms with van der Waals surface area (Å²) in [6.07, 6.45) is 0.827. The van der Waals surface area contributed by atoms with E-state index in [4.69, 9.17) is 0 Å². The number of carbonyl (C=O) groups excluding carboxylic acids is 1. The van der Waals surface area contributed by atoms with Crippen molar-refractivity contribution in [1.29, 1.82) is 0 Å². The van der Waals surface area contributed by atoms with Crippen LogP contribution in [0.3, 0.4) is 0 Å². The van der Waals surface area contributed by atoms with Gasteiger partial charge in [-0.15, -0.1) is 10.2 Å². The molecule has 0 aliphatic heterocycles. The smallest absolute Gasteiger partial charge is 0.191 e. The third-order valence-corrected chi connectivity index (χ3v) is 2.42. The standard InChI is InChI=1S/C10H10N4O/c1-10(7-15,9-11-13-14-12-9)8-5-3-2-4-6-8/h2-7H,1H3,(H,11,12,13,14). The van der Waals surface area contributed by atoms with Gasteiger partial charge >= 0.3 is 0 Å². The fourth-order valence-electron chi connectivity index (χ4n) is 1.42. The number of tetrazole rings is 1. The summed E-state index contributed by atoms with van der Waals surface area (Å²) in [7, 11) is 0. The Morgan fingerprint density at radius 1 is 1.33 bits per heavy atom. The molecular weight excluding hydrogens is 192 g/mol. The molecule has 1 unspecified atom stereocenters. The quantitative estimate of drug-likeness (QED) is 0.744. The van der Waals surface area contributed by atoms with E-state index < -0.39 is 5.41 Å². The topological polar surface area (TPSA) is 71.5 Å². The van der Waals surface area contributed by atoms with E-state index in [1.807, 2.05) is 30.3 Å². The number of carbonyl (C=O) groups is 1. The molecular formula is C10H10N4O. The lowest BCUT2D eigenvalue weighted by atomic mass is 9.83. The first-order valence-electron chi connectivity index (χ1n) is 4.53. The van der Waals surface area contributed by atoms with Gasteiger partial charge in [-0.05, 0) is 12.5 Å². The van der Waals surface area contributed by atoms with Crippen LogP contribution >= 0.6 is 0 Å². The highest BCUT2D eigenvalue weighted by atomic mass is 16.1. The number of nitrogens with zero attached hydrogens (tertiary/aromatic N) is 3. The molecule has 1 aromatic heterocycles. The van der Waals surface area contributed by atoms with Crippen molar-refractivity contribution >= 4 is 6.29 Å². The molecule has 2 aromatic rings. The van der Waals surface area contributed by atoms with E-state index >= 15 is 0 Å². The number of benzene rings is 1. The van der Waals surface area contributed by atoms with Crippen molar-refractivity contribution in [2.45, 2.75) is 12.3 Å². The Bertz CT molecular complexity index is 440. The van der Waals surface area contributed by atoms with Crippen LogP contribution in [-0.4, -0.2) is 26.9 Å². The average Bonchev–Trinajstić information content (AvgIpc) is 2.83. The van der Waals surface area contributed by atoms with E-state index in [1.165, 1.54) is 0 Å². The van der Waals surface area contributed by atoms with Crippen LogP contribution < -0.4 is 0 Å². The third-order valence-electron chi connectivity index (χ3n) is 2.42. The van der Waals surface area contributed by atoms with Crippen molar-refractivity contribution in [2.75, 3.05) is 0 Å². The third kappa shape index (κ3) is 1.52. The monoisotopic (exact) mass is 202 g/mol. The second-order valence-corrected chi connectivity index (χ2v) is 3.42. The zero-order valence-electron chi connectivity index (χ0n) is 8.21. The number of aldehydes is 1. The summed E-state index contributed by atoms with van der Waals surface area (Å²) in [6.45, 7) is 1.76. The second kappa shape index (κ2) is 3.61. The minimum Gasteiger partial charge on any atom is -0.302 e. The number of hydrogen-bond acceptors (Lipinski definition) is 4. The van der Waals surface area contributed by atoms with Crippen molar-refractivity contribution in [3.8, 4) is 0 Å². The zero-order valence-corrected chi connectivity index (χ0v) is 8.21. The maximum absolute atomic E-state index is 11.2. The van der Waals surface area contributed by atoms with Crippen LogP contribution in [0, 0.1) is 0 Å².